The van der Waals surface area contributed by atoms with Crippen molar-refractivity contribution in [1.82, 2.24) is 4.90 Å². The molecule has 0 amide bonds. The Labute approximate surface area is 97.9 Å². The highest BCUT2D eigenvalue weighted by Crippen LogP contribution is 2.33. The van der Waals surface area contributed by atoms with Gasteiger partial charge in [0.2, 0.25) is 0 Å². The third-order valence-corrected chi connectivity index (χ3v) is 3.71. The molecule has 0 aliphatic carbocycles. The van der Waals surface area contributed by atoms with E-state index in [1.807, 2.05) is 30.3 Å². The Morgan fingerprint density at radius 2 is 1.69 bits per heavy atom. The molecule has 1 aromatic rings. The highest BCUT2D eigenvalue weighted by molar-refractivity contribution is 5.20. The summed E-state index contributed by atoms with van der Waals surface area (Å²) in [6.45, 7) is 6.49. The molecule has 1 unspecified atom stereocenters. The molecule has 1 aromatic carbocycles. The Morgan fingerprint density at radius 1 is 1.12 bits per heavy atom. The number of nitrogens with zero attached hydrogens (tertiary/aromatic N) is 1. The molecule has 1 atom stereocenters. The maximum atomic E-state index is 10.5. The van der Waals surface area contributed by atoms with Crippen molar-refractivity contribution in [1.29, 1.82) is 0 Å². The lowest BCUT2D eigenvalue weighted by atomic mass is 9.90. The van der Waals surface area contributed by atoms with E-state index < -0.39 is 6.10 Å². The molecule has 0 spiro atoms. The zero-order valence-electron chi connectivity index (χ0n) is 10.2. The molecule has 0 saturated carbocycles. The maximum absolute atomic E-state index is 10.5. The van der Waals surface area contributed by atoms with Crippen LogP contribution >= 0.6 is 0 Å². The smallest absolute Gasteiger partial charge is 0.0968 e. The summed E-state index contributed by atoms with van der Waals surface area (Å²) in [6.07, 6.45) is 2.10. The van der Waals surface area contributed by atoms with Crippen LogP contribution in [0.25, 0.3) is 0 Å². The second-order valence-electron chi connectivity index (χ2n) is 5.16. The van der Waals surface area contributed by atoms with Crippen molar-refractivity contribution in [2.75, 3.05) is 13.1 Å². The van der Waals surface area contributed by atoms with Crippen LogP contribution in [-0.2, 0) is 0 Å². The lowest BCUT2D eigenvalue weighted by Gasteiger charge is -2.39. The summed E-state index contributed by atoms with van der Waals surface area (Å²) in [6, 6.07) is 9.96. The Kier molecular flexibility index (Phi) is 3.31. The monoisotopic (exact) mass is 219 g/mol. The average Bonchev–Trinajstić information content (AvgIpc) is 2.83. The molecule has 1 aliphatic rings. The Morgan fingerprint density at radius 3 is 2.25 bits per heavy atom. The number of aliphatic hydroxyl groups is 1. The van der Waals surface area contributed by atoms with E-state index in [0.29, 0.717) is 0 Å². The van der Waals surface area contributed by atoms with Crippen molar-refractivity contribution in [3.8, 4) is 0 Å². The molecular formula is C14H21NO. The van der Waals surface area contributed by atoms with Crippen LogP contribution in [0.5, 0.6) is 0 Å². The second kappa shape index (κ2) is 4.56. The molecule has 16 heavy (non-hydrogen) atoms. The third-order valence-electron chi connectivity index (χ3n) is 3.71. The van der Waals surface area contributed by atoms with Gasteiger partial charge in [0.05, 0.1) is 6.10 Å². The molecule has 2 nitrogen and oxygen atoms in total. The van der Waals surface area contributed by atoms with Crippen LogP contribution < -0.4 is 0 Å². The molecule has 88 valence electrons. The van der Waals surface area contributed by atoms with Crippen molar-refractivity contribution >= 4 is 0 Å². The molecule has 0 bridgehead atoms. The highest BCUT2D eigenvalue weighted by atomic mass is 16.3. The minimum atomic E-state index is -0.410. The number of benzene rings is 1. The van der Waals surface area contributed by atoms with Crippen LogP contribution in [0.1, 0.15) is 38.4 Å². The first-order valence-corrected chi connectivity index (χ1v) is 6.10. The lowest BCUT2D eigenvalue weighted by molar-refractivity contribution is 0.00133. The highest BCUT2D eigenvalue weighted by Gasteiger charge is 2.36. The molecule has 2 rings (SSSR count). The van der Waals surface area contributed by atoms with E-state index in [1.54, 1.807) is 0 Å². The van der Waals surface area contributed by atoms with E-state index in [-0.39, 0.29) is 5.54 Å². The van der Waals surface area contributed by atoms with Crippen molar-refractivity contribution < 1.29 is 5.11 Å². The zero-order chi connectivity index (χ0) is 11.6. The zero-order valence-corrected chi connectivity index (χ0v) is 10.2. The summed E-state index contributed by atoms with van der Waals surface area (Å²) < 4.78 is 0. The summed E-state index contributed by atoms with van der Waals surface area (Å²) >= 11 is 0. The van der Waals surface area contributed by atoms with Crippen molar-refractivity contribution in [2.24, 2.45) is 0 Å². The van der Waals surface area contributed by atoms with Crippen LogP contribution in [0.2, 0.25) is 0 Å². The number of aliphatic hydroxyl groups excluding tert-OH is 1. The second-order valence-corrected chi connectivity index (χ2v) is 5.16. The van der Waals surface area contributed by atoms with Crippen LogP contribution in [0.4, 0.5) is 0 Å². The summed E-state index contributed by atoms with van der Waals surface area (Å²) in [7, 11) is 0. The number of hydrogen-bond acceptors (Lipinski definition) is 2. The third kappa shape index (κ3) is 2.13. The van der Waals surface area contributed by atoms with Crippen LogP contribution in [0.15, 0.2) is 30.3 Å². The summed E-state index contributed by atoms with van der Waals surface area (Å²) in [4.78, 5) is 2.39. The van der Waals surface area contributed by atoms with Crippen molar-refractivity contribution in [3.63, 3.8) is 0 Å². The summed E-state index contributed by atoms with van der Waals surface area (Å²) in [5, 5.41) is 10.5. The molecule has 1 fully saturated rings. The number of likely N-dealkylation sites (tertiary alicyclic amines) is 1. The molecule has 0 aromatic heterocycles. The van der Waals surface area contributed by atoms with Gasteiger partial charge in [0, 0.05) is 5.54 Å². The van der Waals surface area contributed by atoms with Crippen LogP contribution in [-0.4, -0.2) is 28.6 Å². The fraction of sp³-hybridized carbons (Fsp3) is 0.571. The predicted molar refractivity (Wildman–Crippen MR) is 66.3 cm³/mol. The predicted octanol–water partition coefficient (Wildman–Crippen LogP) is 2.59. The fourth-order valence-electron chi connectivity index (χ4n) is 2.51. The van der Waals surface area contributed by atoms with Crippen molar-refractivity contribution in [3.05, 3.63) is 35.9 Å². The fourth-order valence-corrected chi connectivity index (χ4v) is 2.51. The molecule has 2 heteroatoms. The Balaban J connectivity index is 2.16. The van der Waals surface area contributed by atoms with Gasteiger partial charge in [0.15, 0.2) is 0 Å². The first-order chi connectivity index (χ1) is 7.62. The van der Waals surface area contributed by atoms with Gasteiger partial charge in [-0.05, 0) is 45.3 Å². The number of hydrogen-bond donors (Lipinski definition) is 1. The minimum absolute atomic E-state index is 0.169. The lowest BCUT2D eigenvalue weighted by Crippen LogP contribution is -2.46. The quantitative estimate of drug-likeness (QED) is 0.844. The largest absolute Gasteiger partial charge is 0.386 e. The maximum Gasteiger partial charge on any atom is 0.0968 e. The molecule has 1 N–H and O–H groups in total. The molecular weight excluding hydrogens is 198 g/mol. The van der Waals surface area contributed by atoms with Gasteiger partial charge in [-0.15, -0.1) is 0 Å². The van der Waals surface area contributed by atoms with Crippen LogP contribution in [0, 0.1) is 0 Å². The Hall–Kier alpha value is -0.860. The van der Waals surface area contributed by atoms with Gasteiger partial charge in [-0.1, -0.05) is 30.3 Å². The van der Waals surface area contributed by atoms with Gasteiger partial charge < -0.3 is 5.11 Å². The summed E-state index contributed by atoms with van der Waals surface area (Å²) in [5.74, 6) is 0. The Bertz CT molecular complexity index is 328. The van der Waals surface area contributed by atoms with E-state index in [9.17, 15) is 5.11 Å². The van der Waals surface area contributed by atoms with Crippen LogP contribution in [0.3, 0.4) is 0 Å². The molecule has 1 heterocycles. The van der Waals surface area contributed by atoms with E-state index >= 15 is 0 Å². The first kappa shape index (κ1) is 11.6. The van der Waals surface area contributed by atoms with E-state index in [1.165, 1.54) is 12.8 Å². The molecule has 0 radical (unpaired) electrons. The van der Waals surface area contributed by atoms with E-state index in [2.05, 4.69) is 18.7 Å². The van der Waals surface area contributed by atoms with E-state index in [4.69, 9.17) is 0 Å². The normalized spacial score (nSPS) is 19.9. The van der Waals surface area contributed by atoms with Crippen molar-refractivity contribution in [2.45, 2.75) is 38.3 Å². The minimum Gasteiger partial charge on any atom is -0.386 e. The molecule has 1 saturated heterocycles. The van der Waals surface area contributed by atoms with Gasteiger partial charge in [-0.2, -0.15) is 0 Å². The van der Waals surface area contributed by atoms with E-state index in [0.717, 1.165) is 18.7 Å². The van der Waals surface area contributed by atoms with Gasteiger partial charge in [-0.25, -0.2) is 0 Å². The summed E-state index contributed by atoms with van der Waals surface area (Å²) in [5.41, 5.74) is 0.845. The average molecular weight is 219 g/mol. The molecule has 1 aliphatic heterocycles. The topological polar surface area (TPSA) is 23.5 Å². The standard InChI is InChI=1S/C14H21NO/c1-14(2,15-10-6-7-11-15)13(16)12-8-4-3-5-9-12/h3-5,8-9,13,16H,6-7,10-11H2,1-2H3. The number of rotatable bonds is 3. The first-order valence-electron chi connectivity index (χ1n) is 6.10. The SMILES string of the molecule is CC(C)(C(O)c1ccccc1)N1CCCC1. The van der Waals surface area contributed by atoms with Gasteiger partial charge in [-0.3, -0.25) is 4.90 Å². The van der Waals surface area contributed by atoms with Gasteiger partial charge in [0.25, 0.3) is 0 Å². The van der Waals surface area contributed by atoms with Gasteiger partial charge in [0.1, 0.15) is 0 Å². The van der Waals surface area contributed by atoms with Gasteiger partial charge >= 0.3 is 0 Å².